The maximum absolute atomic E-state index is 14.0. The number of esters is 1. The van der Waals surface area contributed by atoms with E-state index < -0.39 is 12.0 Å². The van der Waals surface area contributed by atoms with Crippen LogP contribution < -0.4 is 14.9 Å². The standard InChI is InChI=1S/C32H31Cl2N3O3S/c1-7-40-31(39)28-19(5)35-32-37(29(28)22-10-8-21(9-11-22)17(2)3)30(38)27(41-32)15-23-14-18(4)36(20(23)6)24-12-13-25(33)26(34)16-24/h8-17,29H,7H2,1-6H3/b27-15-/t29-/m1/s1. The maximum atomic E-state index is 14.0. The molecule has 3 heterocycles. The summed E-state index contributed by atoms with van der Waals surface area (Å²) in [5.41, 5.74) is 6.45. The largest absolute Gasteiger partial charge is 0.463 e. The van der Waals surface area contributed by atoms with E-state index >= 15 is 0 Å². The fraction of sp³-hybridized carbons (Fsp3) is 0.281. The highest BCUT2D eigenvalue weighted by Crippen LogP contribution is 2.32. The molecule has 0 aliphatic carbocycles. The molecule has 6 nitrogen and oxygen atoms in total. The van der Waals surface area contributed by atoms with Crippen molar-refractivity contribution in [3.8, 4) is 5.69 Å². The van der Waals surface area contributed by atoms with Crippen LogP contribution in [0.25, 0.3) is 11.8 Å². The second-order valence-corrected chi connectivity index (χ2v) is 12.2. The Hall–Kier alpha value is -3.39. The predicted molar refractivity (Wildman–Crippen MR) is 166 cm³/mol. The van der Waals surface area contributed by atoms with Crippen molar-refractivity contribution in [1.29, 1.82) is 0 Å². The molecule has 9 heteroatoms. The van der Waals surface area contributed by atoms with Crippen LogP contribution in [-0.4, -0.2) is 21.7 Å². The van der Waals surface area contributed by atoms with Crippen LogP contribution in [0, 0.1) is 13.8 Å². The summed E-state index contributed by atoms with van der Waals surface area (Å²) in [6.45, 7) is 12.1. The minimum atomic E-state index is -0.641. The maximum Gasteiger partial charge on any atom is 0.338 e. The summed E-state index contributed by atoms with van der Waals surface area (Å²) in [6.07, 6.45) is 1.89. The van der Waals surface area contributed by atoms with E-state index in [1.165, 1.54) is 16.9 Å². The lowest BCUT2D eigenvalue weighted by Gasteiger charge is -2.25. The highest BCUT2D eigenvalue weighted by Gasteiger charge is 2.33. The van der Waals surface area contributed by atoms with Crippen LogP contribution in [0.1, 0.15) is 67.7 Å². The number of thiazole rings is 1. The van der Waals surface area contributed by atoms with Crippen LogP contribution in [0.3, 0.4) is 0 Å². The summed E-state index contributed by atoms with van der Waals surface area (Å²) < 4.78 is 9.64. The van der Waals surface area contributed by atoms with E-state index in [2.05, 4.69) is 18.4 Å². The Morgan fingerprint density at radius 2 is 1.78 bits per heavy atom. The molecule has 0 spiro atoms. The summed E-state index contributed by atoms with van der Waals surface area (Å²) in [5, 5.41) is 0.964. The van der Waals surface area contributed by atoms with Gasteiger partial charge in [-0.15, -0.1) is 0 Å². The summed E-state index contributed by atoms with van der Waals surface area (Å²) in [7, 11) is 0. The molecular formula is C32H31Cl2N3O3S. The molecule has 0 saturated carbocycles. The van der Waals surface area contributed by atoms with Gasteiger partial charge in [0.1, 0.15) is 0 Å². The molecule has 0 amide bonds. The molecule has 1 aliphatic heterocycles. The number of rotatable bonds is 6. The van der Waals surface area contributed by atoms with E-state index in [-0.39, 0.29) is 12.2 Å². The number of hydrogen-bond acceptors (Lipinski definition) is 5. The van der Waals surface area contributed by atoms with Crippen molar-refractivity contribution in [3.63, 3.8) is 0 Å². The number of benzene rings is 2. The van der Waals surface area contributed by atoms with Crippen molar-refractivity contribution >= 4 is 46.6 Å². The molecule has 41 heavy (non-hydrogen) atoms. The molecule has 1 atom stereocenters. The number of carbonyl (C=O) groups excluding carboxylic acids is 1. The quantitative estimate of drug-likeness (QED) is 0.231. The zero-order valence-electron chi connectivity index (χ0n) is 23.8. The van der Waals surface area contributed by atoms with Gasteiger partial charge in [-0.2, -0.15) is 0 Å². The van der Waals surface area contributed by atoms with Gasteiger partial charge in [-0.05, 0) is 80.6 Å². The lowest BCUT2D eigenvalue weighted by Crippen LogP contribution is -2.39. The zero-order chi connectivity index (χ0) is 29.6. The van der Waals surface area contributed by atoms with Crippen LogP contribution in [0.15, 0.2) is 69.6 Å². The molecule has 2 aromatic carbocycles. The van der Waals surface area contributed by atoms with Gasteiger partial charge in [-0.25, -0.2) is 9.79 Å². The van der Waals surface area contributed by atoms with Gasteiger partial charge in [0.25, 0.3) is 5.56 Å². The van der Waals surface area contributed by atoms with Gasteiger partial charge < -0.3 is 9.30 Å². The number of allylic oxidation sites excluding steroid dienone is 1. The van der Waals surface area contributed by atoms with Gasteiger partial charge in [0, 0.05) is 17.1 Å². The Kier molecular flexibility index (Phi) is 8.15. The Morgan fingerprint density at radius 1 is 1.07 bits per heavy atom. The second-order valence-electron chi connectivity index (χ2n) is 10.4. The summed E-state index contributed by atoms with van der Waals surface area (Å²) >= 11 is 13.7. The molecule has 212 valence electrons. The smallest absolute Gasteiger partial charge is 0.338 e. The third-order valence-corrected chi connectivity index (χ3v) is 9.08. The van der Waals surface area contributed by atoms with E-state index in [4.69, 9.17) is 32.9 Å². The highest BCUT2D eigenvalue weighted by molar-refractivity contribution is 7.07. The first kappa shape index (κ1) is 29.1. The van der Waals surface area contributed by atoms with Crippen molar-refractivity contribution in [2.24, 2.45) is 4.99 Å². The second kappa shape index (κ2) is 11.5. The minimum Gasteiger partial charge on any atom is -0.463 e. The number of fused-ring (bicyclic) bond motifs is 1. The van der Waals surface area contributed by atoms with E-state index in [1.54, 1.807) is 24.5 Å². The topological polar surface area (TPSA) is 65.6 Å². The number of hydrogen-bond donors (Lipinski definition) is 0. The molecule has 2 aromatic heterocycles. The average Bonchev–Trinajstić information content (AvgIpc) is 3.38. The molecule has 0 N–H and O–H groups in total. The molecule has 5 rings (SSSR count). The van der Waals surface area contributed by atoms with Crippen molar-refractivity contribution < 1.29 is 9.53 Å². The van der Waals surface area contributed by atoms with Crippen molar-refractivity contribution in [3.05, 3.63) is 118 Å². The summed E-state index contributed by atoms with van der Waals surface area (Å²) in [6, 6.07) is 15.0. The number of aromatic nitrogens is 2. The first-order valence-electron chi connectivity index (χ1n) is 13.5. The fourth-order valence-corrected chi connectivity index (χ4v) is 6.60. The van der Waals surface area contributed by atoms with Crippen molar-refractivity contribution in [1.82, 2.24) is 9.13 Å². The van der Waals surface area contributed by atoms with Gasteiger partial charge in [0.2, 0.25) is 0 Å². The first-order valence-corrected chi connectivity index (χ1v) is 15.0. The van der Waals surface area contributed by atoms with Gasteiger partial charge in [0.05, 0.1) is 38.5 Å². The SMILES string of the molecule is CCOC(=O)C1=C(C)N=c2s/c(=C\c3cc(C)n(-c4ccc(Cl)c(Cl)c4)c3C)c(=O)n2[C@@H]1c1ccc(C(C)C)cc1. The lowest BCUT2D eigenvalue weighted by molar-refractivity contribution is -0.139. The lowest BCUT2D eigenvalue weighted by atomic mass is 9.93. The molecule has 0 bridgehead atoms. The van der Waals surface area contributed by atoms with Gasteiger partial charge in [-0.1, -0.05) is 72.7 Å². The third-order valence-electron chi connectivity index (χ3n) is 7.35. The zero-order valence-corrected chi connectivity index (χ0v) is 26.1. The molecule has 0 unspecified atom stereocenters. The monoisotopic (exact) mass is 607 g/mol. The normalized spacial score (nSPS) is 15.3. The predicted octanol–water partition coefficient (Wildman–Crippen LogP) is 6.64. The first-order chi connectivity index (χ1) is 19.5. The molecule has 0 radical (unpaired) electrons. The number of carbonyl (C=O) groups is 1. The number of ether oxygens (including phenoxy) is 1. The Labute approximate surface area is 252 Å². The Morgan fingerprint density at radius 3 is 2.41 bits per heavy atom. The van der Waals surface area contributed by atoms with Crippen LogP contribution >= 0.6 is 34.5 Å². The van der Waals surface area contributed by atoms with Gasteiger partial charge in [-0.3, -0.25) is 9.36 Å². The van der Waals surface area contributed by atoms with Crippen LogP contribution in [-0.2, 0) is 9.53 Å². The van der Waals surface area contributed by atoms with Crippen molar-refractivity contribution in [2.75, 3.05) is 6.61 Å². The van der Waals surface area contributed by atoms with E-state index in [0.29, 0.717) is 36.6 Å². The Bertz CT molecular complexity index is 1880. The number of aryl methyl sites for hydroxylation is 1. The average molecular weight is 609 g/mol. The van der Waals surface area contributed by atoms with Crippen LogP contribution in [0.4, 0.5) is 0 Å². The number of halogens is 2. The van der Waals surface area contributed by atoms with Crippen molar-refractivity contribution in [2.45, 2.75) is 53.5 Å². The molecule has 1 aliphatic rings. The van der Waals surface area contributed by atoms with Crippen LogP contribution in [0.5, 0.6) is 0 Å². The summed E-state index contributed by atoms with van der Waals surface area (Å²) in [5.74, 6) is -0.109. The van der Waals surface area contributed by atoms with Gasteiger partial charge >= 0.3 is 5.97 Å². The molecule has 0 saturated heterocycles. The minimum absolute atomic E-state index is 0.208. The van der Waals surface area contributed by atoms with Crippen LogP contribution in [0.2, 0.25) is 10.0 Å². The third kappa shape index (κ3) is 5.34. The number of nitrogens with zero attached hydrogens (tertiary/aromatic N) is 3. The van der Waals surface area contributed by atoms with E-state index in [0.717, 1.165) is 28.2 Å². The molecule has 0 fully saturated rings. The molecular weight excluding hydrogens is 577 g/mol. The van der Waals surface area contributed by atoms with Gasteiger partial charge in [0.15, 0.2) is 4.80 Å². The van der Waals surface area contributed by atoms with E-state index in [9.17, 15) is 9.59 Å². The van der Waals surface area contributed by atoms with E-state index in [1.807, 2.05) is 62.4 Å². The summed E-state index contributed by atoms with van der Waals surface area (Å²) in [4.78, 5) is 32.4. The Balaban J connectivity index is 1.68. The molecule has 4 aromatic rings. The highest BCUT2D eigenvalue weighted by atomic mass is 35.5. The fourth-order valence-electron chi connectivity index (χ4n) is 5.27.